The minimum Gasteiger partial charge on any atom is -0.382 e. The smallest absolute Gasteiger partial charge is 0.382 e. The Morgan fingerprint density at radius 2 is 2.13 bits per heavy atom. The lowest BCUT2D eigenvalue weighted by molar-refractivity contribution is -0.127. The lowest BCUT2D eigenvalue weighted by atomic mass is 10.2. The molecule has 80 valence electrons. The zero-order valence-electron chi connectivity index (χ0n) is 7.49. The number of nitrogens with two attached hydrogens (primary N) is 1. The fourth-order valence-corrected chi connectivity index (χ4v) is 1.33. The van der Waals surface area contributed by atoms with Crippen LogP contribution in [0.2, 0.25) is 0 Å². The second kappa shape index (κ2) is 3.11. The number of anilines is 1. The minimum atomic E-state index is -4.23. The molecular formula is C8H7F3N4. The van der Waals surface area contributed by atoms with Crippen LogP contribution in [0.4, 0.5) is 19.0 Å². The second-order valence-electron chi connectivity index (χ2n) is 3.12. The molecule has 0 bridgehead atoms. The Labute approximate surface area is 82.5 Å². The quantitative estimate of drug-likeness (QED) is 0.784. The zero-order chi connectivity index (χ0) is 11.1. The van der Waals surface area contributed by atoms with Gasteiger partial charge in [0, 0.05) is 6.20 Å². The maximum atomic E-state index is 12.1. The van der Waals surface area contributed by atoms with Crippen LogP contribution in [0, 0.1) is 0 Å². The minimum absolute atomic E-state index is 0.120. The van der Waals surface area contributed by atoms with Gasteiger partial charge in [0.15, 0.2) is 5.82 Å². The van der Waals surface area contributed by atoms with Gasteiger partial charge in [-0.15, -0.1) is 0 Å². The van der Waals surface area contributed by atoms with Gasteiger partial charge in [-0.1, -0.05) is 0 Å². The van der Waals surface area contributed by atoms with Crippen LogP contribution in [0.25, 0.3) is 5.52 Å². The van der Waals surface area contributed by atoms with E-state index in [0.29, 0.717) is 5.52 Å². The molecule has 4 nitrogen and oxygen atoms in total. The van der Waals surface area contributed by atoms with Crippen molar-refractivity contribution in [1.82, 2.24) is 14.6 Å². The summed E-state index contributed by atoms with van der Waals surface area (Å²) >= 11 is 0. The Bertz CT molecular complexity index is 488. The van der Waals surface area contributed by atoms with E-state index in [1.165, 1.54) is 23.1 Å². The van der Waals surface area contributed by atoms with Crippen LogP contribution < -0.4 is 5.73 Å². The molecule has 0 aliphatic heterocycles. The maximum Gasteiger partial charge on any atom is 0.393 e. The van der Waals surface area contributed by atoms with Crippen LogP contribution in [0.1, 0.15) is 5.56 Å². The van der Waals surface area contributed by atoms with Gasteiger partial charge in [-0.3, -0.25) is 0 Å². The van der Waals surface area contributed by atoms with Crippen LogP contribution in [-0.2, 0) is 6.42 Å². The molecule has 0 saturated carbocycles. The first kappa shape index (κ1) is 9.75. The average Bonchev–Trinajstić information content (AvgIpc) is 2.45. The van der Waals surface area contributed by atoms with Gasteiger partial charge in [0.2, 0.25) is 0 Å². The number of nitrogen functional groups attached to an aromatic ring is 1. The normalized spacial score (nSPS) is 12.2. The van der Waals surface area contributed by atoms with E-state index in [9.17, 15) is 13.2 Å². The van der Waals surface area contributed by atoms with Crippen LogP contribution in [-0.4, -0.2) is 20.8 Å². The van der Waals surface area contributed by atoms with Crippen molar-refractivity contribution in [3.8, 4) is 0 Å². The summed E-state index contributed by atoms with van der Waals surface area (Å²) < 4.78 is 37.6. The highest BCUT2D eigenvalue weighted by Crippen LogP contribution is 2.23. The van der Waals surface area contributed by atoms with E-state index in [1.807, 2.05) is 0 Å². The van der Waals surface area contributed by atoms with E-state index in [4.69, 9.17) is 5.73 Å². The van der Waals surface area contributed by atoms with Crippen molar-refractivity contribution < 1.29 is 13.2 Å². The number of halogens is 3. The summed E-state index contributed by atoms with van der Waals surface area (Å²) in [7, 11) is 0. The highest BCUT2D eigenvalue weighted by Gasteiger charge is 2.28. The van der Waals surface area contributed by atoms with Gasteiger partial charge in [-0.25, -0.2) is 9.50 Å². The third kappa shape index (κ3) is 2.00. The van der Waals surface area contributed by atoms with Gasteiger partial charge in [0.1, 0.15) is 11.8 Å². The number of hydrogen-bond donors (Lipinski definition) is 1. The number of hydrogen-bond acceptors (Lipinski definition) is 3. The number of rotatable bonds is 1. The average molecular weight is 216 g/mol. The summed E-state index contributed by atoms with van der Waals surface area (Å²) in [6, 6.07) is 1.34. The highest BCUT2D eigenvalue weighted by molar-refractivity contribution is 5.65. The van der Waals surface area contributed by atoms with Crippen LogP contribution in [0.3, 0.4) is 0 Å². The Balaban J connectivity index is 2.44. The SMILES string of the molecule is Nc1ncnn2cc(CC(F)(F)F)cc12. The molecule has 0 spiro atoms. The molecule has 0 aromatic carbocycles. The molecule has 0 amide bonds. The number of aromatic nitrogens is 3. The van der Waals surface area contributed by atoms with Crippen LogP contribution in [0.5, 0.6) is 0 Å². The van der Waals surface area contributed by atoms with Gasteiger partial charge < -0.3 is 5.73 Å². The monoisotopic (exact) mass is 216 g/mol. The number of nitrogens with zero attached hydrogens (tertiary/aromatic N) is 3. The third-order valence-corrected chi connectivity index (χ3v) is 1.90. The first-order valence-corrected chi connectivity index (χ1v) is 4.10. The lowest BCUT2D eigenvalue weighted by Gasteiger charge is -2.02. The molecule has 2 N–H and O–H groups in total. The van der Waals surface area contributed by atoms with Gasteiger partial charge in [-0.2, -0.15) is 18.3 Å². The Hall–Kier alpha value is -1.79. The molecule has 7 heteroatoms. The number of alkyl halides is 3. The van der Waals surface area contributed by atoms with E-state index in [-0.39, 0.29) is 11.4 Å². The molecule has 2 heterocycles. The molecule has 0 atom stereocenters. The summed E-state index contributed by atoms with van der Waals surface area (Å²) in [5.41, 5.74) is 5.99. The third-order valence-electron chi connectivity index (χ3n) is 1.90. The summed E-state index contributed by atoms with van der Waals surface area (Å²) in [5, 5.41) is 3.75. The van der Waals surface area contributed by atoms with Crippen molar-refractivity contribution in [2.45, 2.75) is 12.6 Å². The Kier molecular flexibility index (Phi) is 2.02. The van der Waals surface area contributed by atoms with Gasteiger partial charge >= 0.3 is 6.18 Å². The molecule has 0 aliphatic rings. The van der Waals surface area contributed by atoms with Crippen molar-refractivity contribution in [3.63, 3.8) is 0 Å². The topological polar surface area (TPSA) is 56.2 Å². The maximum absolute atomic E-state index is 12.1. The van der Waals surface area contributed by atoms with E-state index in [2.05, 4.69) is 10.1 Å². The second-order valence-corrected chi connectivity index (χ2v) is 3.12. The molecule has 0 unspecified atom stereocenters. The fourth-order valence-electron chi connectivity index (χ4n) is 1.33. The molecule has 2 aromatic rings. The fraction of sp³-hybridized carbons (Fsp3) is 0.250. The molecule has 15 heavy (non-hydrogen) atoms. The van der Waals surface area contributed by atoms with E-state index >= 15 is 0 Å². The first-order chi connectivity index (χ1) is 6.96. The molecular weight excluding hydrogens is 209 g/mol. The van der Waals surface area contributed by atoms with Crippen molar-refractivity contribution in [2.24, 2.45) is 0 Å². The van der Waals surface area contributed by atoms with Crippen LogP contribution in [0.15, 0.2) is 18.6 Å². The van der Waals surface area contributed by atoms with Crippen molar-refractivity contribution in [3.05, 3.63) is 24.2 Å². The van der Waals surface area contributed by atoms with Crippen molar-refractivity contribution in [1.29, 1.82) is 0 Å². The summed E-state index contributed by atoms with van der Waals surface area (Å²) in [5.74, 6) is 0.165. The Morgan fingerprint density at radius 3 is 2.73 bits per heavy atom. The standard InChI is InChI=1S/C8H7F3N4/c9-8(10,11)2-5-1-6-7(12)13-4-14-15(6)3-5/h1,3-4H,2H2,(H2,12,13,14). The van der Waals surface area contributed by atoms with Crippen molar-refractivity contribution in [2.75, 3.05) is 5.73 Å². The van der Waals surface area contributed by atoms with Gasteiger partial charge in [0.25, 0.3) is 0 Å². The number of fused-ring (bicyclic) bond motifs is 1. The molecule has 0 radical (unpaired) electrons. The predicted molar refractivity (Wildman–Crippen MR) is 47.2 cm³/mol. The zero-order valence-corrected chi connectivity index (χ0v) is 7.49. The lowest BCUT2D eigenvalue weighted by Crippen LogP contribution is -2.10. The summed E-state index contributed by atoms with van der Waals surface area (Å²) in [4.78, 5) is 3.68. The van der Waals surface area contributed by atoms with Gasteiger partial charge in [-0.05, 0) is 11.6 Å². The van der Waals surface area contributed by atoms with E-state index in [0.717, 1.165) is 0 Å². The largest absolute Gasteiger partial charge is 0.393 e. The highest BCUT2D eigenvalue weighted by atomic mass is 19.4. The van der Waals surface area contributed by atoms with Crippen LogP contribution >= 0.6 is 0 Å². The molecule has 2 rings (SSSR count). The first-order valence-electron chi connectivity index (χ1n) is 4.10. The molecule has 2 aromatic heterocycles. The molecule has 0 aliphatic carbocycles. The summed E-state index contributed by atoms with van der Waals surface area (Å²) in [6.45, 7) is 0. The van der Waals surface area contributed by atoms with E-state index in [1.54, 1.807) is 0 Å². The van der Waals surface area contributed by atoms with Gasteiger partial charge in [0.05, 0.1) is 6.42 Å². The van der Waals surface area contributed by atoms with Crippen molar-refractivity contribution >= 4 is 11.3 Å². The summed E-state index contributed by atoms with van der Waals surface area (Å²) in [6.07, 6.45) is -2.73. The Morgan fingerprint density at radius 1 is 1.40 bits per heavy atom. The van der Waals surface area contributed by atoms with E-state index < -0.39 is 12.6 Å². The molecule has 0 fully saturated rings. The molecule has 0 saturated heterocycles. The predicted octanol–water partition coefficient (Wildman–Crippen LogP) is 1.42.